The summed E-state index contributed by atoms with van der Waals surface area (Å²) in [5.74, 6) is 0. The van der Waals surface area contributed by atoms with Crippen LogP contribution in [0.1, 0.15) is 31.9 Å². The number of nitrogens with two attached hydrogens (primary N) is 1. The Morgan fingerprint density at radius 3 is 2.32 bits per heavy atom. The van der Waals surface area contributed by atoms with Crippen molar-refractivity contribution in [3.63, 3.8) is 0 Å². The molecule has 0 unspecified atom stereocenters. The van der Waals surface area contributed by atoms with Crippen LogP contribution >= 0.6 is 0 Å². The Bertz CT molecular complexity index is 1170. The van der Waals surface area contributed by atoms with E-state index < -0.39 is 11.7 Å². The lowest BCUT2D eigenvalue weighted by molar-refractivity contribution is 0.0551. The zero-order valence-electron chi connectivity index (χ0n) is 16.4. The zero-order valence-corrected chi connectivity index (χ0v) is 16.4. The molecule has 0 spiro atoms. The number of fused-ring (bicyclic) bond motifs is 3. The monoisotopic (exact) mass is 372 g/mol. The Morgan fingerprint density at radius 2 is 1.61 bits per heavy atom. The van der Waals surface area contributed by atoms with E-state index in [1.807, 2.05) is 69.3 Å². The van der Waals surface area contributed by atoms with E-state index in [1.54, 1.807) is 4.57 Å². The molecule has 0 amide bonds. The molecule has 0 saturated carbocycles. The number of rotatable bonds is 2. The fraction of sp³-hybridized carbons (Fsp3) is 0.208. The standard InChI is InChI=1S/C24H24N2O2/c1-24(2,3)28-23(27)26-20-12-8-7-11-18(20)19-14-13-17(21(25)22(19)26)15-16-9-5-4-6-10-16/h4-14H,15,25H2,1-3H3. The number of aromatic nitrogens is 1. The number of carbonyl (C=O) groups is 1. The molecule has 0 bridgehead atoms. The summed E-state index contributed by atoms with van der Waals surface area (Å²) in [7, 11) is 0. The van der Waals surface area contributed by atoms with E-state index >= 15 is 0 Å². The molecule has 1 heterocycles. The lowest BCUT2D eigenvalue weighted by atomic mass is 10.0. The predicted molar refractivity (Wildman–Crippen MR) is 115 cm³/mol. The number of ether oxygens (including phenoxy) is 1. The minimum atomic E-state index is -0.592. The first-order valence-corrected chi connectivity index (χ1v) is 9.43. The van der Waals surface area contributed by atoms with E-state index in [-0.39, 0.29) is 0 Å². The molecule has 0 aliphatic rings. The smallest absolute Gasteiger partial charge is 0.419 e. The summed E-state index contributed by atoms with van der Waals surface area (Å²) in [6.45, 7) is 5.59. The van der Waals surface area contributed by atoms with Crippen LogP contribution < -0.4 is 5.73 Å². The summed E-state index contributed by atoms with van der Waals surface area (Å²) in [6.07, 6.45) is 0.292. The van der Waals surface area contributed by atoms with E-state index in [0.29, 0.717) is 17.6 Å². The first kappa shape index (κ1) is 18.1. The van der Waals surface area contributed by atoms with Crippen molar-refractivity contribution in [1.82, 2.24) is 4.57 Å². The average Bonchev–Trinajstić information content (AvgIpc) is 2.99. The third kappa shape index (κ3) is 3.22. The average molecular weight is 372 g/mol. The van der Waals surface area contributed by atoms with Gasteiger partial charge in [0.25, 0.3) is 0 Å². The molecule has 3 aromatic carbocycles. The Labute approximate surface area is 164 Å². The van der Waals surface area contributed by atoms with Crippen LogP contribution in [0.25, 0.3) is 21.8 Å². The van der Waals surface area contributed by atoms with Gasteiger partial charge in [-0.05, 0) is 44.4 Å². The fourth-order valence-corrected chi connectivity index (χ4v) is 3.59. The molecule has 4 rings (SSSR count). The largest absolute Gasteiger partial charge is 0.443 e. The number of anilines is 1. The molecule has 0 saturated heterocycles. The highest BCUT2D eigenvalue weighted by molar-refractivity contribution is 6.16. The van der Waals surface area contributed by atoms with Gasteiger partial charge in [-0.25, -0.2) is 9.36 Å². The molecule has 2 N–H and O–H groups in total. The molecule has 142 valence electrons. The number of hydrogen-bond acceptors (Lipinski definition) is 3. The summed E-state index contributed by atoms with van der Waals surface area (Å²) < 4.78 is 7.29. The van der Waals surface area contributed by atoms with Gasteiger partial charge in [-0.15, -0.1) is 0 Å². The maximum Gasteiger partial charge on any atom is 0.419 e. The summed E-state index contributed by atoms with van der Waals surface area (Å²) in [6, 6.07) is 22.1. The van der Waals surface area contributed by atoms with Crippen molar-refractivity contribution in [2.45, 2.75) is 32.8 Å². The first-order chi connectivity index (χ1) is 13.3. The number of carbonyl (C=O) groups excluding carboxylic acids is 1. The van der Waals surface area contributed by atoms with Gasteiger partial charge in [0.05, 0.1) is 16.7 Å². The van der Waals surface area contributed by atoms with Crippen LogP contribution in [0.3, 0.4) is 0 Å². The second kappa shape index (κ2) is 6.71. The number of hydrogen-bond donors (Lipinski definition) is 1. The molecule has 4 nitrogen and oxygen atoms in total. The van der Waals surface area contributed by atoms with Gasteiger partial charge in [0.2, 0.25) is 0 Å². The van der Waals surface area contributed by atoms with Crippen molar-refractivity contribution in [2.75, 3.05) is 5.73 Å². The van der Waals surface area contributed by atoms with Crippen molar-refractivity contribution >= 4 is 33.6 Å². The molecule has 0 aliphatic heterocycles. The van der Waals surface area contributed by atoms with Crippen LogP contribution in [-0.2, 0) is 11.2 Å². The molecule has 0 aliphatic carbocycles. The third-order valence-electron chi connectivity index (χ3n) is 4.78. The van der Waals surface area contributed by atoms with Crippen LogP contribution in [0, 0.1) is 0 Å². The Hall–Kier alpha value is -3.27. The quantitative estimate of drug-likeness (QED) is 0.456. The van der Waals surface area contributed by atoms with Gasteiger partial charge >= 0.3 is 6.09 Å². The minimum Gasteiger partial charge on any atom is -0.443 e. The molecule has 0 radical (unpaired) electrons. The van der Waals surface area contributed by atoms with E-state index in [9.17, 15) is 4.79 Å². The first-order valence-electron chi connectivity index (χ1n) is 9.43. The highest BCUT2D eigenvalue weighted by atomic mass is 16.6. The SMILES string of the molecule is CC(C)(C)OC(=O)n1c2ccccc2c2ccc(Cc3ccccc3)c(N)c21. The molecule has 4 heteroatoms. The zero-order chi connectivity index (χ0) is 19.9. The highest BCUT2D eigenvalue weighted by Gasteiger charge is 2.24. The molecular formula is C24H24N2O2. The molecule has 0 fully saturated rings. The van der Waals surface area contributed by atoms with E-state index in [4.69, 9.17) is 10.5 Å². The molecule has 4 aromatic rings. The van der Waals surface area contributed by atoms with Crippen molar-refractivity contribution in [2.24, 2.45) is 0 Å². The van der Waals surface area contributed by atoms with Crippen LogP contribution in [0.15, 0.2) is 66.7 Å². The fourth-order valence-electron chi connectivity index (χ4n) is 3.59. The normalized spacial score (nSPS) is 11.8. The second-order valence-corrected chi connectivity index (χ2v) is 8.03. The summed E-state index contributed by atoms with van der Waals surface area (Å²) in [5.41, 5.74) is 10.3. The highest BCUT2D eigenvalue weighted by Crippen LogP contribution is 2.35. The Balaban J connectivity index is 1.94. The predicted octanol–water partition coefficient (Wildman–Crippen LogP) is 5.75. The van der Waals surface area contributed by atoms with E-state index in [2.05, 4.69) is 18.2 Å². The van der Waals surface area contributed by atoms with Gasteiger partial charge in [0.15, 0.2) is 0 Å². The molecule has 28 heavy (non-hydrogen) atoms. The lowest BCUT2D eigenvalue weighted by Gasteiger charge is -2.20. The summed E-state index contributed by atoms with van der Waals surface area (Å²) in [4.78, 5) is 13.1. The van der Waals surface area contributed by atoms with Crippen molar-refractivity contribution in [3.8, 4) is 0 Å². The number of nitrogens with zero attached hydrogens (tertiary/aromatic N) is 1. The lowest BCUT2D eigenvalue weighted by Crippen LogP contribution is -2.27. The minimum absolute atomic E-state index is 0.415. The topological polar surface area (TPSA) is 57.2 Å². The van der Waals surface area contributed by atoms with Gasteiger partial charge in [0.1, 0.15) is 5.60 Å². The van der Waals surface area contributed by atoms with Crippen LogP contribution in [0.2, 0.25) is 0 Å². The molecule has 1 aromatic heterocycles. The maximum atomic E-state index is 13.1. The second-order valence-electron chi connectivity index (χ2n) is 8.03. The maximum absolute atomic E-state index is 13.1. The van der Waals surface area contributed by atoms with Gasteiger partial charge in [0, 0.05) is 10.8 Å². The van der Waals surface area contributed by atoms with Crippen molar-refractivity contribution < 1.29 is 9.53 Å². The van der Waals surface area contributed by atoms with Crippen LogP contribution in [-0.4, -0.2) is 16.3 Å². The van der Waals surface area contributed by atoms with Crippen molar-refractivity contribution in [1.29, 1.82) is 0 Å². The van der Waals surface area contributed by atoms with Gasteiger partial charge < -0.3 is 10.5 Å². The molecule has 0 atom stereocenters. The summed E-state index contributed by atoms with van der Waals surface area (Å²) in [5, 5.41) is 1.94. The van der Waals surface area contributed by atoms with Gasteiger partial charge in [-0.2, -0.15) is 0 Å². The number of para-hydroxylation sites is 1. The summed E-state index contributed by atoms with van der Waals surface area (Å²) >= 11 is 0. The van der Waals surface area contributed by atoms with Gasteiger partial charge in [-0.3, -0.25) is 0 Å². The molecular weight excluding hydrogens is 348 g/mol. The van der Waals surface area contributed by atoms with Crippen molar-refractivity contribution in [3.05, 3.63) is 77.9 Å². The van der Waals surface area contributed by atoms with Gasteiger partial charge in [-0.1, -0.05) is 60.7 Å². The van der Waals surface area contributed by atoms with E-state index in [0.717, 1.165) is 21.9 Å². The van der Waals surface area contributed by atoms with E-state index in [1.165, 1.54) is 5.56 Å². The Morgan fingerprint density at radius 1 is 0.929 bits per heavy atom. The van der Waals surface area contributed by atoms with Crippen LogP contribution in [0.4, 0.5) is 10.5 Å². The number of nitrogen functional groups attached to an aromatic ring is 1. The van der Waals surface area contributed by atoms with Crippen LogP contribution in [0.5, 0.6) is 0 Å². The third-order valence-corrected chi connectivity index (χ3v) is 4.78. The Kier molecular flexibility index (Phi) is 4.34. The number of benzene rings is 3.